The van der Waals surface area contributed by atoms with Crippen LogP contribution in [0.1, 0.15) is 5.56 Å². The van der Waals surface area contributed by atoms with Crippen LogP contribution < -0.4 is 4.74 Å². The van der Waals surface area contributed by atoms with Crippen molar-refractivity contribution in [3.05, 3.63) is 68.0 Å². The number of hydrogen-bond donors (Lipinski definition) is 0. The molecule has 0 spiro atoms. The normalized spacial score (nSPS) is 10.2. The zero-order chi connectivity index (χ0) is 15.6. The Morgan fingerprint density at radius 2 is 1.76 bits per heavy atom. The number of halogens is 1. The highest BCUT2D eigenvalue weighted by atomic mass is 19.1. The molecule has 0 aliphatic rings. The van der Waals surface area contributed by atoms with E-state index in [0.717, 1.165) is 18.2 Å². The number of benzene rings is 2. The fourth-order valence-electron chi connectivity index (χ4n) is 1.69. The third-order valence-corrected chi connectivity index (χ3v) is 2.61. The summed E-state index contributed by atoms with van der Waals surface area (Å²) < 4.78 is 18.5. The fraction of sp³-hybridized carbons (Fsp3) is 0.0769. The molecule has 0 heterocycles. The van der Waals surface area contributed by atoms with Gasteiger partial charge < -0.3 is 4.74 Å². The molecule has 0 amide bonds. The molecular formula is C13H9FN2O5. The highest BCUT2D eigenvalue weighted by Gasteiger charge is 2.18. The molecule has 0 saturated heterocycles. The lowest BCUT2D eigenvalue weighted by Crippen LogP contribution is -1.95. The number of nitro groups is 2. The van der Waals surface area contributed by atoms with Gasteiger partial charge in [-0.3, -0.25) is 20.2 Å². The summed E-state index contributed by atoms with van der Waals surface area (Å²) in [5, 5.41) is 21.6. The Labute approximate surface area is 117 Å². The lowest BCUT2D eigenvalue weighted by atomic mass is 10.2. The predicted molar refractivity (Wildman–Crippen MR) is 71.0 cm³/mol. The van der Waals surface area contributed by atoms with Crippen LogP contribution in [-0.2, 0) is 0 Å². The molecule has 2 rings (SSSR count). The van der Waals surface area contributed by atoms with E-state index < -0.39 is 21.4 Å². The molecule has 0 aliphatic carbocycles. The summed E-state index contributed by atoms with van der Waals surface area (Å²) >= 11 is 0. The van der Waals surface area contributed by atoms with Gasteiger partial charge in [-0.25, -0.2) is 4.39 Å². The first-order valence-corrected chi connectivity index (χ1v) is 5.74. The summed E-state index contributed by atoms with van der Waals surface area (Å²) in [6.45, 7) is 1.70. The number of aryl methyl sites for hydroxylation is 1. The summed E-state index contributed by atoms with van der Waals surface area (Å²) in [4.78, 5) is 20.1. The quantitative estimate of drug-likeness (QED) is 0.631. The van der Waals surface area contributed by atoms with Gasteiger partial charge in [-0.05, 0) is 18.6 Å². The first-order chi connectivity index (χ1) is 9.86. The Bertz CT molecular complexity index is 732. The summed E-state index contributed by atoms with van der Waals surface area (Å²) in [7, 11) is 0. The van der Waals surface area contributed by atoms with E-state index in [2.05, 4.69) is 0 Å². The number of nitrogens with zero attached hydrogens (tertiary/aromatic N) is 2. The molecule has 7 nitrogen and oxygen atoms in total. The Balaban J connectivity index is 2.45. The first-order valence-electron chi connectivity index (χ1n) is 5.74. The molecule has 21 heavy (non-hydrogen) atoms. The molecule has 0 aromatic heterocycles. The van der Waals surface area contributed by atoms with Gasteiger partial charge in [0.2, 0.25) is 5.75 Å². The van der Waals surface area contributed by atoms with Gasteiger partial charge >= 0.3 is 5.69 Å². The average Bonchev–Trinajstić information content (AvgIpc) is 2.37. The van der Waals surface area contributed by atoms with Crippen molar-refractivity contribution in [2.75, 3.05) is 0 Å². The lowest BCUT2D eigenvalue weighted by molar-refractivity contribution is -0.386. The zero-order valence-corrected chi connectivity index (χ0v) is 10.8. The molecule has 2 aromatic carbocycles. The lowest BCUT2D eigenvalue weighted by Gasteiger charge is -2.07. The van der Waals surface area contributed by atoms with E-state index in [9.17, 15) is 24.6 Å². The summed E-state index contributed by atoms with van der Waals surface area (Å²) in [6.07, 6.45) is 0. The molecule has 0 bridgehead atoms. The van der Waals surface area contributed by atoms with Crippen molar-refractivity contribution in [1.29, 1.82) is 0 Å². The minimum Gasteiger partial charge on any atom is -0.450 e. The van der Waals surface area contributed by atoms with Crippen LogP contribution >= 0.6 is 0 Å². The van der Waals surface area contributed by atoms with Crippen LogP contribution in [0, 0.1) is 33.0 Å². The van der Waals surface area contributed by atoms with Gasteiger partial charge in [0.25, 0.3) is 5.69 Å². The topological polar surface area (TPSA) is 95.5 Å². The van der Waals surface area contributed by atoms with Crippen molar-refractivity contribution in [3.8, 4) is 11.5 Å². The minimum atomic E-state index is -0.866. The van der Waals surface area contributed by atoms with Gasteiger partial charge in [0.1, 0.15) is 11.6 Å². The predicted octanol–water partition coefficient (Wildman–Crippen LogP) is 3.74. The number of rotatable bonds is 4. The maximum Gasteiger partial charge on any atom is 0.311 e. The highest BCUT2D eigenvalue weighted by molar-refractivity contribution is 5.51. The summed E-state index contributed by atoms with van der Waals surface area (Å²) in [5.41, 5.74) is -0.116. The maximum atomic E-state index is 13.3. The van der Waals surface area contributed by atoms with Crippen LogP contribution in [0.25, 0.3) is 0 Å². The van der Waals surface area contributed by atoms with Crippen molar-refractivity contribution < 1.29 is 19.0 Å². The van der Waals surface area contributed by atoms with Crippen molar-refractivity contribution in [1.82, 2.24) is 0 Å². The standard InChI is InChI=1S/C13H9FN2O5/c1-8-2-3-12(16(19)20)13(4-8)21-11-6-9(14)5-10(7-11)15(17)18/h2-7H,1H3. The van der Waals surface area contributed by atoms with Crippen LogP contribution in [-0.4, -0.2) is 9.85 Å². The number of nitro benzene ring substituents is 2. The Morgan fingerprint density at radius 3 is 2.38 bits per heavy atom. The number of non-ortho nitro benzene ring substituents is 1. The van der Waals surface area contributed by atoms with Gasteiger partial charge in [0, 0.05) is 12.1 Å². The van der Waals surface area contributed by atoms with E-state index in [0.29, 0.717) is 5.56 Å². The Morgan fingerprint density at radius 1 is 1.05 bits per heavy atom. The third-order valence-electron chi connectivity index (χ3n) is 2.61. The van der Waals surface area contributed by atoms with Gasteiger partial charge in [-0.15, -0.1) is 0 Å². The van der Waals surface area contributed by atoms with Gasteiger partial charge in [-0.2, -0.15) is 0 Å². The van der Waals surface area contributed by atoms with Gasteiger partial charge in [0.15, 0.2) is 0 Å². The second-order valence-corrected chi connectivity index (χ2v) is 4.23. The highest BCUT2D eigenvalue weighted by Crippen LogP contribution is 2.33. The van der Waals surface area contributed by atoms with Crippen LogP contribution in [0.15, 0.2) is 36.4 Å². The van der Waals surface area contributed by atoms with Crippen molar-refractivity contribution >= 4 is 11.4 Å². The van der Waals surface area contributed by atoms with Crippen LogP contribution in [0.5, 0.6) is 11.5 Å². The molecule has 0 fully saturated rings. The van der Waals surface area contributed by atoms with E-state index in [-0.39, 0.29) is 17.2 Å². The van der Waals surface area contributed by atoms with E-state index in [1.807, 2.05) is 0 Å². The van der Waals surface area contributed by atoms with Crippen LogP contribution in [0.3, 0.4) is 0 Å². The van der Waals surface area contributed by atoms with Crippen molar-refractivity contribution in [2.45, 2.75) is 6.92 Å². The van der Waals surface area contributed by atoms with Crippen LogP contribution in [0.4, 0.5) is 15.8 Å². The second-order valence-electron chi connectivity index (χ2n) is 4.23. The minimum absolute atomic E-state index is 0.111. The molecular weight excluding hydrogens is 283 g/mol. The van der Waals surface area contributed by atoms with Crippen molar-refractivity contribution in [2.24, 2.45) is 0 Å². The first kappa shape index (κ1) is 14.4. The molecule has 0 atom stereocenters. The van der Waals surface area contributed by atoms with E-state index in [1.165, 1.54) is 18.2 Å². The van der Waals surface area contributed by atoms with E-state index in [1.54, 1.807) is 6.92 Å². The largest absolute Gasteiger partial charge is 0.450 e. The maximum absolute atomic E-state index is 13.3. The number of hydrogen-bond acceptors (Lipinski definition) is 5. The summed E-state index contributed by atoms with van der Waals surface area (Å²) in [6, 6.07) is 6.82. The smallest absolute Gasteiger partial charge is 0.311 e. The Hall–Kier alpha value is -3.03. The fourth-order valence-corrected chi connectivity index (χ4v) is 1.69. The molecule has 108 valence electrons. The van der Waals surface area contributed by atoms with Gasteiger partial charge in [0.05, 0.1) is 22.0 Å². The Kier molecular flexibility index (Phi) is 3.79. The zero-order valence-electron chi connectivity index (χ0n) is 10.8. The second kappa shape index (κ2) is 5.53. The molecule has 0 unspecified atom stereocenters. The molecule has 2 aromatic rings. The van der Waals surface area contributed by atoms with Crippen LogP contribution in [0.2, 0.25) is 0 Å². The molecule has 8 heteroatoms. The van der Waals surface area contributed by atoms with Gasteiger partial charge in [-0.1, -0.05) is 6.07 Å². The van der Waals surface area contributed by atoms with E-state index >= 15 is 0 Å². The van der Waals surface area contributed by atoms with Crippen molar-refractivity contribution in [3.63, 3.8) is 0 Å². The number of ether oxygens (including phenoxy) is 1. The molecule has 0 radical (unpaired) electrons. The summed E-state index contributed by atoms with van der Waals surface area (Å²) in [5.74, 6) is -1.16. The monoisotopic (exact) mass is 292 g/mol. The SMILES string of the molecule is Cc1ccc([N+](=O)[O-])c(Oc2cc(F)cc([N+](=O)[O-])c2)c1. The molecule has 0 saturated carbocycles. The third kappa shape index (κ3) is 3.30. The molecule has 0 aliphatic heterocycles. The molecule has 0 N–H and O–H groups in total. The van der Waals surface area contributed by atoms with E-state index in [4.69, 9.17) is 4.74 Å². The average molecular weight is 292 g/mol.